The summed E-state index contributed by atoms with van der Waals surface area (Å²) in [5.41, 5.74) is 4.13. The van der Waals surface area contributed by atoms with Gasteiger partial charge in [-0.05, 0) is 30.7 Å². The number of rotatable bonds is 5. The van der Waals surface area contributed by atoms with Crippen molar-refractivity contribution in [3.05, 3.63) is 121 Å². The van der Waals surface area contributed by atoms with Gasteiger partial charge in [0.1, 0.15) is 5.69 Å². The van der Waals surface area contributed by atoms with Crippen LogP contribution in [0, 0.1) is 17.0 Å². The minimum absolute atomic E-state index is 0.0373. The Balaban J connectivity index is 1.51. The number of hydrogen-bond donors (Lipinski definition) is 0. The highest BCUT2D eigenvalue weighted by Gasteiger charge is 2.17. The fourth-order valence-electron chi connectivity index (χ4n) is 4.11. The van der Waals surface area contributed by atoms with Crippen molar-refractivity contribution in [1.82, 2.24) is 24.4 Å². The zero-order chi connectivity index (χ0) is 25.5. The van der Waals surface area contributed by atoms with Gasteiger partial charge in [0.15, 0.2) is 5.82 Å². The Hall–Kier alpha value is -4.96. The van der Waals surface area contributed by atoms with Gasteiger partial charge in [0.05, 0.1) is 15.1 Å². The molecule has 3 aromatic carbocycles. The van der Waals surface area contributed by atoms with Crippen LogP contribution in [0.15, 0.2) is 89.9 Å². The van der Waals surface area contributed by atoms with Crippen molar-refractivity contribution in [2.45, 2.75) is 6.92 Å². The Kier molecular flexibility index (Phi) is 5.42. The van der Waals surface area contributed by atoms with Crippen LogP contribution >= 0.6 is 11.3 Å². The van der Waals surface area contributed by atoms with Crippen molar-refractivity contribution in [2.75, 3.05) is 0 Å². The maximum atomic E-state index is 13.3. The smallest absolute Gasteiger partial charge is 0.266 e. The highest BCUT2D eigenvalue weighted by atomic mass is 32.1. The Morgan fingerprint density at radius 2 is 1.76 bits per heavy atom. The molecule has 0 saturated carbocycles. The van der Waals surface area contributed by atoms with Crippen LogP contribution in [0.4, 0.5) is 5.69 Å². The van der Waals surface area contributed by atoms with Gasteiger partial charge in [0, 0.05) is 35.0 Å². The van der Waals surface area contributed by atoms with Crippen LogP contribution in [0.1, 0.15) is 11.1 Å². The molecule has 9 nitrogen and oxygen atoms in total. The van der Waals surface area contributed by atoms with Crippen LogP contribution in [-0.2, 0) is 0 Å². The summed E-state index contributed by atoms with van der Waals surface area (Å²) in [5.74, 6) is 0.502. The normalized spacial score (nSPS) is 11.9. The molecule has 0 atom stereocenters. The molecule has 0 fully saturated rings. The van der Waals surface area contributed by atoms with E-state index in [0.29, 0.717) is 32.1 Å². The van der Waals surface area contributed by atoms with E-state index < -0.39 is 4.92 Å². The number of aryl methyl sites for hydroxylation is 1. The lowest BCUT2D eigenvalue weighted by Gasteiger charge is -2.00. The van der Waals surface area contributed by atoms with Gasteiger partial charge in [-0.15, -0.1) is 5.10 Å². The van der Waals surface area contributed by atoms with Crippen molar-refractivity contribution in [3.63, 3.8) is 0 Å². The van der Waals surface area contributed by atoms with E-state index in [9.17, 15) is 14.9 Å². The van der Waals surface area contributed by atoms with E-state index in [1.807, 2.05) is 61.5 Å². The average Bonchev–Trinajstić information content (AvgIpc) is 3.60. The topological polar surface area (TPSA) is 108 Å². The summed E-state index contributed by atoms with van der Waals surface area (Å²) in [6.07, 6.45) is 3.54. The Morgan fingerprint density at radius 1 is 0.973 bits per heavy atom. The maximum Gasteiger partial charge on any atom is 0.291 e. The number of para-hydroxylation sites is 1. The zero-order valence-corrected chi connectivity index (χ0v) is 20.3. The highest BCUT2D eigenvalue weighted by molar-refractivity contribution is 7.15. The molecular weight excluding hydrogens is 488 g/mol. The summed E-state index contributed by atoms with van der Waals surface area (Å²) in [4.78, 5) is 29.3. The number of aromatic nitrogens is 5. The minimum Gasteiger partial charge on any atom is -0.266 e. The van der Waals surface area contributed by atoms with E-state index in [-0.39, 0.29) is 11.2 Å². The van der Waals surface area contributed by atoms with Gasteiger partial charge in [-0.2, -0.15) is 14.6 Å². The van der Waals surface area contributed by atoms with Crippen LogP contribution < -0.4 is 10.1 Å². The van der Waals surface area contributed by atoms with Gasteiger partial charge < -0.3 is 0 Å². The van der Waals surface area contributed by atoms with Crippen LogP contribution in [0.5, 0.6) is 0 Å². The number of nitro benzene ring substituents is 1. The first kappa shape index (κ1) is 22.5. The molecule has 0 amide bonds. The van der Waals surface area contributed by atoms with E-state index in [4.69, 9.17) is 5.10 Å². The van der Waals surface area contributed by atoms with Gasteiger partial charge in [-0.3, -0.25) is 14.9 Å². The van der Waals surface area contributed by atoms with Crippen molar-refractivity contribution >= 4 is 28.1 Å². The van der Waals surface area contributed by atoms with E-state index in [2.05, 4.69) is 10.1 Å². The largest absolute Gasteiger partial charge is 0.291 e. The molecule has 0 spiro atoms. The molecule has 6 rings (SSSR count). The Bertz CT molecular complexity index is 1910. The number of nitro groups is 1. The second-order valence-electron chi connectivity index (χ2n) is 8.38. The van der Waals surface area contributed by atoms with Crippen LogP contribution in [0.3, 0.4) is 0 Å². The summed E-state index contributed by atoms with van der Waals surface area (Å²) in [6.45, 7) is 1.97. The monoisotopic (exact) mass is 506 g/mol. The number of nitrogens with zero attached hydrogens (tertiary/aromatic N) is 6. The SMILES string of the molecule is Cc1ccccc1-c1nc2sc(=Cc3cn(-c4ccccc4)nc3-c3cccc([N+](=O)[O-])c3)c(=O)n2n1. The third kappa shape index (κ3) is 4.09. The van der Waals surface area contributed by atoms with Gasteiger partial charge in [0.25, 0.3) is 11.2 Å². The van der Waals surface area contributed by atoms with Crippen LogP contribution in [0.2, 0.25) is 0 Å². The number of fused-ring (bicyclic) bond motifs is 1. The molecule has 3 aromatic heterocycles. The summed E-state index contributed by atoms with van der Waals surface area (Å²) >= 11 is 1.23. The maximum absolute atomic E-state index is 13.3. The van der Waals surface area contributed by atoms with Crippen molar-refractivity contribution in [3.8, 4) is 28.3 Å². The molecule has 0 radical (unpaired) electrons. The number of thiazole rings is 1. The fraction of sp³-hybridized carbons (Fsp3) is 0.0370. The zero-order valence-electron chi connectivity index (χ0n) is 19.5. The first-order valence-electron chi connectivity index (χ1n) is 11.4. The summed E-state index contributed by atoms with van der Waals surface area (Å²) in [5, 5.41) is 20.5. The molecule has 180 valence electrons. The lowest BCUT2D eigenvalue weighted by molar-refractivity contribution is -0.384. The second-order valence-corrected chi connectivity index (χ2v) is 9.39. The highest BCUT2D eigenvalue weighted by Crippen LogP contribution is 2.27. The molecule has 6 aromatic rings. The van der Waals surface area contributed by atoms with Crippen molar-refractivity contribution in [1.29, 1.82) is 0 Å². The lowest BCUT2D eigenvalue weighted by atomic mass is 10.1. The number of non-ortho nitro benzene ring substituents is 1. The molecule has 0 aliphatic rings. The van der Waals surface area contributed by atoms with Crippen LogP contribution in [0.25, 0.3) is 39.4 Å². The minimum atomic E-state index is -0.442. The third-order valence-electron chi connectivity index (χ3n) is 5.95. The average molecular weight is 507 g/mol. The van der Waals surface area contributed by atoms with E-state index >= 15 is 0 Å². The van der Waals surface area contributed by atoms with Crippen molar-refractivity contribution in [2.24, 2.45) is 0 Å². The molecule has 0 saturated heterocycles. The molecule has 0 N–H and O–H groups in total. The van der Waals surface area contributed by atoms with E-state index in [1.54, 1.807) is 29.1 Å². The fourth-order valence-corrected chi connectivity index (χ4v) is 5.01. The summed E-state index contributed by atoms with van der Waals surface area (Å²) in [7, 11) is 0. The second kappa shape index (κ2) is 8.92. The number of hydrogen-bond acceptors (Lipinski definition) is 7. The molecule has 0 unspecified atom stereocenters. The molecule has 37 heavy (non-hydrogen) atoms. The summed E-state index contributed by atoms with van der Waals surface area (Å²) in [6, 6.07) is 23.6. The Labute approximate surface area is 213 Å². The van der Waals surface area contributed by atoms with Gasteiger partial charge in [0.2, 0.25) is 4.96 Å². The molecule has 3 heterocycles. The lowest BCUT2D eigenvalue weighted by Crippen LogP contribution is -2.23. The molecule has 10 heteroatoms. The first-order valence-corrected chi connectivity index (χ1v) is 12.2. The summed E-state index contributed by atoms with van der Waals surface area (Å²) < 4.78 is 3.44. The quantitative estimate of drug-likeness (QED) is 0.253. The van der Waals surface area contributed by atoms with Crippen LogP contribution in [-0.4, -0.2) is 29.3 Å². The molecular formula is C27H18N6O3S. The third-order valence-corrected chi connectivity index (χ3v) is 6.91. The molecule has 0 aliphatic carbocycles. The molecule has 0 bridgehead atoms. The van der Waals surface area contributed by atoms with Gasteiger partial charge in [-0.1, -0.05) is 65.9 Å². The standard InChI is InChI=1S/C27H18N6O3S/c1-17-8-5-6-13-22(17)25-28-27-32(30-25)26(34)23(37-27)15-19-16-31(20-10-3-2-4-11-20)29-24(19)18-9-7-12-21(14-18)33(35)36/h2-16H,1H3. The molecule has 0 aliphatic heterocycles. The van der Waals surface area contributed by atoms with E-state index in [1.165, 1.54) is 28.0 Å². The number of benzene rings is 3. The predicted molar refractivity (Wildman–Crippen MR) is 142 cm³/mol. The first-order chi connectivity index (χ1) is 18.0. The van der Waals surface area contributed by atoms with Gasteiger partial charge >= 0.3 is 0 Å². The van der Waals surface area contributed by atoms with Gasteiger partial charge in [-0.25, -0.2) is 4.68 Å². The van der Waals surface area contributed by atoms with E-state index in [0.717, 1.165) is 16.8 Å². The predicted octanol–water partition coefficient (Wildman–Crippen LogP) is 4.44. The van der Waals surface area contributed by atoms with Crippen molar-refractivity contribution < 1.29 is 4.92 Å². The Morgan fingerprint density at radius 3 is 2.51 bits per heavy atom.